The highest BCUT2D eigenvalue weighted by molar-refractivity contribution is 6.02. The van der Waals surface area contributed by atoms with Crippen LogP contribution >= 0.6 is 0 Å². The third-order valence-electron chi connectivity index (χ3n) is 5.13. The molecule has 5 nitrogen and oxygen atoms in total. The van der Waals surface area contributed by atoms with E-state index in [0.29, 0.717) is 35.1 Å². The Hall–Kier alpha value is -2.87. The Balaban J connectivity index is 0.00000132. The highest BCUT2D eigenvalue weighted by atomic mass is 19.4. The lowest BCUT2D eigenvalue weighted by molar-refractivity contribution is -0.137. The van der Waals surface area contributed by atoms with Gasteiger partial charge in [-0.1, -0.05) is 38.1 Å². The maximum atomic E-state index is 12.8. The standard InChI is InChI=1S/C21H19F3N2O3.C2H6/c22-21(23,24)15-9-7-13(8-10-15)12-14-4-3-5-16-18(14)19(20(27)28)25-26(16)17-6-1-2-11-29-17;1-2/h3-5,7-10,17H,1-2,6,11-12H2,(H,27,28);1-2H3. The second kappa shape index (κ2) is 9.51. The Morgan fingerprint density at radius 2 is 1.87 bits per heavy atom. The molecule has 0 amide bonds. The second-order valence-electron chi connectivity index (χ2n) is 7.10. The third kappa shape index (κ3) is 4.90. The van der Waals surface area contributed by atoms with Crippen molar-refractivity contribution in [3.05, 3.63) is 64.8 Å². The van der Waals surface area contributed by atoms with E-state index in [1.54, 1.807) is 22.9 Å². The number of alkyl halides is 3. The first kappa shape index (κ1) is 22.8. The van der Waals surface area contributed by atoms with Crippen LogP contribution in [0.1, 0.15) is 66.5 Å². The van der Waals surface area contributed by atoms with Gasteiger partial charge in [0.1, 0.15) is 0 Å². The van der Waals surface area contributed by atoms with Gasteiger partial charge in [-0.05, 0) is 55.0 Å². The van der Waals surface area contributed by atoms with Crippen LogP contribution in [0.15, 0.2) is 42.5 Å². The number of fused-ring (bicyclic) bond motifs is 1. The van der Waals surface area contributed by atoms with Crippen molar-refractivity contribution in [1.82, 2.24) is 9.78 Å². The zero-order valence-corrected chi connectivity index (χ0v) is 17.4. The Bertz CT molecular complexity index is 1040. The van der Waals surface area contributed by atoms with Crippen LogP contribution in [-0.2, 0) is 17.3 Å². The lowest BCUT2D eigenvalue weighted by Crippen LogP contribution is -2.19. The maximum Gasteiger partial charge on any atom is 0.416 e. The summed E-state index contributed by atoms with van der Waals surface area (Å²) in [5.41, 5.74) is 1.22. The summed E-state index contributed by atoms with van der Waals surface area (Å²) in [6.45, 7) is 4.60. The lowest BCUT2D eigenvalue weighted by Gasteiger charge is -2.23. The summed E-state index contributed by atoms with van der Waals surface area (Å²) in [5.74, 6) is -1.15. The van der Waals surface area contributed by atoms with E-state index in [-0.39, 0.29) is 11.9 Å². The molecule has 1 aliphatic rings. The quantitative estimate of drug-likeness (QED) is 0.541. The number of rotatable bonds is 4. The topological polar surface area (TPSA) is 64.3 Å². The highest BCUT2D eigenvalue weighted by Crippen LogP contribution is 2.32. The minimum atomic E-state index is -4.39. The molecule has 8 heteroatoms. The van der Waals surface area contributed by atoms with Crippen molar-refractivity contribution in [2.75, 3.05) is 6.61 Å². The number of nitrogens with zero attached hydrogens (tertiary/aromatic N) is 2. The molecule has 166 valence electrons. The van der Waals surface area contributed by atoms with Gasteiger partial charge in [0.25, 0.3) is 0 Å². The van der Waals surface area contributed by atoms with Crippen LogP contribution in [0.25, 0.3) is 10.9 Å². The van der Waals surface area contributed by atoms with Crippen molar-refractivity contribution in [2.24, 2.45) is 0 Å². The van der Waals surface area contributed by atoms with Gasteiger partial charge in [-0.2, -0.15) is 18.3 Å². The number of ether oxygens (including phenoxy) is 1. The molecule has 3 aromatic rings. The Kier molecular flexibility index (Phi) is 7.00. The van der Waals surface area contributed by atoms with Gasteiger partial charge in [0.15, 0.2) is 11.9 Å². The number of hydrogen-bond acceptors (Lipinski definition) is 3. The van der Waals surface area contributed by atoms with Crippen LogP contribution < -0.4 is 0 Å². The van der Waals surface area contributed by atoms with Gasteiger partial charge in [-0.15, -0.1) is 0 Å². The molecule has 0 saturated carbocycles. The van der Waals surface area contributed by atoms with Crippen LogP contribution in [0, 0.1) is 0 Å². The Labute approximate surface area is 178 Å². The zero-order chi connectivity index (χ0) is 22.6. The normalized spacial score (nSPS) is 16.6. The fourth-order valence-corrected chi connectivity index (χ4v) is 3.73. The van der Waals surface area contributed by atoms with Crippen molar-refractivity contribution in [2.45, 2.75) is 51.9 Å². The number of aromatic carboxylic acids is 1. The maximum absolute atomic E-state index is 12.8. The molecule has 1 aromatic heterocycles. The van der Waals surface area contributed by atoms with Crippen molar-refractivity contribution < 1.29 is 27.8 Å². The van der Waals surface area contributed by atoms with Gasteiger partial charge in [0.05, 0.1) is 11.1 Å². The molecule has 2 aromatic carbocycles. The van der Waals surface area contributed by atoms with Crippen molar-refractivity contribution >= 4 is 16.9 Å². The predicted molar refractivity (Wildman–Crippen MR) is 111 cm³/mol. The molecule has 0 spiro atoms. The SMILES string of the molecule is CC.O=C(O)c1nn(C2CCCCO2)c2cccc(Cc3ccc(C(F)(F)F)cc3)c12. The number of benzene rings is 2. The van der Waals surface area contributed by atoms with Crippen LogP contribution in [0.2, 0.25) is 0 Å². The molecule has 1 aliphatic heterocycles. The predicted octanol–water partition coefficient (Wildman–Crippen LogP) is 6.07. The smallest absolute Gasteiger partial charge is 0.416 e. The third-order valence-corrected chi connectivity index (χ3v) is 5.13. The second-order valence-corrected chi connectivity index (χ2v) is 7.10. The minimum Gasteiger partial charge on any atom is -0.476 e. The molecule has 1 N–H and O–H groups in total. The first-order valence-electron chi connectivity index (χ1n) is 10.4. The van der Waals surface area contributed by atoms with Gasteiger partial charge in [-0.25, -0.2) is 9.48 Å². The van der Waals surface area contributed by atoms with E-state index in [1.165, 1.54) is 12.1 Å². The van der Waals surface area contributed by atoms with Crippen LogP contribution in [0.3, 0.4) is 0 Å². The lowest BCUT2D eigenvalue weighted by atomic mass is 9.99. The summed E-state index contributed by atoms with van der Waals surface area (Å²) in [5, 5.41) is 14.5. The van der Waals surface area contributed by atoms with Crippen LogP contribution in [0.4, 0.5) is 13.2 Å². The van der Waals surface area contributed by atoms with E-state index < -0.39 is 17.7 Å². The summed E-state index contributed by atoms with van der Waals surface area (Å²) in [6.07, 6.45) is -1.73. The van der Waals surface area contributed by atoms with Gasteiger partial charge < -0.3 is 9.84 Å². The first-order chi connectivity index (χ1) is 14.8. The molecule has 1 saturated heterocycles. The van der Waals surface area contributed by atoms with Gasteiger partial charge >= 0.3 is 12.1 Å². The average molecular weight is 434 g/mol. The van der Waals surface area contributed by atoms with E-state index in [0.717, 1.165) is 31.4 Å². The van der Waals surface area contributed by atoms with E-state index >= 15 is 0 Å². The molecule has 0 bridgehead atoms. The van der Waals surface area contributed by atoms with Crippen molar-refractivity contribution in [1.29, 1.82) is 0 Å². The number of hydrogen-bond donors (Lipinski definition) is 1. The molecule has 1 unspecified atom stereocenters. The fraction of sp³-hybridized carbons (Fsp3) is 0.391. The van der Waals surface area contributed by atoms with Gasteiger partial charge in [-0.3, -0.25) is 0 Å². The highest BCUT2D eigenvalue weighted by Gasteiger charge is 2.30. The fourth-order valence-electron chi connectivity index (χ4n) is 3.73. The number of carboxylic acid groups (broad SMARTS) is 1. The Morgan fingerprint density at radius 3 is 2.45 bits per heavy atom. The average Bonchev–Trinajstić information content (AvgIpc) is 3.17. The van der Waals surface area contributed by atoms with Crippen LogP contribution in [-0.4, -0.2) is 27.5 Å². The molecule has 1 atom stereocenters. The van der Waals surface area contributed by atoms with Gasteiger partial charge in [0.2, 0.25) is 0 Å². The van der Waals surface area contributed by atoms with E-state index in [2.05, 4.69) is 5.10 Å². The summed E-state index contributed by atoms with van der Waals surface area (Å²) in [7, 11) is 0. The largest absolute Gasteiger partial charge is 0.476 e. The number of halogens is 3. The van der Waals surface area contributed by atoms with Crippen molar-refractivity contribution in [3.8, 4) is 0 Å². The summed E-state index contributed by atoms with van der Waals surface area (Å²) < 4.78 is 45.8. The van der Waals surface area contributed by atoms with E-state index in [9.17, 15) is 23.1 Å². The van der Waals surface area contributed by atoms with Crippen molar-refractivity contribution in [3.63, 3.8) is 0 Å². The number of carboxylic acids is 1. The zero-order valence-electron chi connectivity index (χ0n) is 17.4. The molecular weight excluding hydrogens is 409 g/mol. The molecule has 2 heterocycles. The monoisotopic (exact) mass is 434 g/mol. The number of carbonyl (C=O) groups is 1. The van der Waals surface area contributed by atoms with Crippen LogP contribution in [0.5, 0.6) is 0 Å². The molecular formula is C23H25F3N2O3. The molecule has 1 fully saturated rings. The summed E-state index contributed by atoms with van der Waals surface area (Å²) >= 11 is 0. The van der Waals surface area contributed by atoms with E-state index in [1.807, 2.05) is 13.8 Å². The molecule has 0 radical (unpaired) electrons. The first-order valence-corrected chi connectivity index (χ1v) is 10.4. The molecule has 31 heavy (non-hydrogen) atoms. The Morgan fingerprint density at radius 1 is 1.16 bits per heavy atom. The minimum absolute atomic E-state index is 0.0725. The molecule has 0 aliphatic carbocycles. The summed E-state index contributed by atoms with van der Waals surface area (Å²) in [4.78, 5) is 11.8. The van der Waals surface area contributed by atoms with Gasteiger partial charge in [0, 0.05) is 12.0 Å². The number of aromatic nitrogens is 2. The van der Waals surface area contributed by atoms with E-state index in [4.69, 9.17) is 4.74 Å². The molecule has 4 rings (SSSR count). The summed E-state index contributed by atoms with van der Waals surface area (Å²) in [6, 6.07) is 10.3.